The third-order valence-corrected chi connectivity index (χ3v) is 6.29. The largest absolute Gasteiger partial charge is 0.381 e. The molecule has 6 nitrogen and oxygen atoms in total. The SMILES string of the molecule is CCCCOC[C@@H]1[C@@H](OCCCC)[C@H](OCCCC)[C@@H](OCCCC)[C@H](COCOC)C1(F)F. The molecule has 0 aromatic rings. The van der Waals surface area contributed by atoms with Crippen LogP contribution < -0.4 is 0 Å². The van der Waals surface area contributed by atoms with Crippen LogP contribution in [0.25, 0.3) is 0 Å². The van der Waals surface area contributed by atoms with Crippen LogP contribution >= 0.6 is 0 Å². The molecule has 0 saturated heterocycles. The number of methoxy groups -OCH3 is 1. The molecule has 1 saturated carbocycles. The van der Waals surface area contributed by atoms with Crippen molar-refractivity contribution >= 4 is 0 Å². The Balaban J connectivity index is 3.28. The highest BCUT2D eigenvalue weighted by Gasteiger charge is 2.62. The molecule has 0 aromatic heterocycles. The molecule has 204 valence electrons. The van der Waals surface area contributed by atoms with E-state index in [9.17, 15) is 0 Å². The molecule has 0 radical (unpaired) electrons. The van der Waals surface area contributed by atoms with Crippen LogP contribution in [0, 0.1) is 11.8 Å². The van der Waals surface area contributed by atoms with Crippen molar-refractivity contribution in [2.75, 3.05) is 53.5 Å². The minimum absolute atomic E-state index is 0.0519. The molecule has 0 N–H and O–H groups in total. The van der Waals surface area contributed by atoms with Crippen molar-refractivity contribution in [3.63, 3.8) is 0 Å². The zero-order chi connectivity index (χ0) is 25.2. The number of hydrogen-bond acceptors (Lipinski definition) is 6. The van der Waals surface area contributed by atoms with Gasteiger partial charge in [-0.05, 0) is 25.7 Å². The lowest BCUT2D eigenvalue weighted by atomic mass is 9.72. The first kappa shape index (κ1) is 31.6. The molecule has 1 aliphatic carbocycles. The van der Waals surface area contributed by atoms with Gasteiger partial charge in [0.05, 0.1) is 37.3 Å². The average molecular weight is 497 g/mol. The maximum Gasteiger partial charge on any atom is 0.263 e. The lowest BCUT2D eigenvalue weighted by molar-refractivity contribution is -0.291. The Kier molecular flexibility index (Phi) is 17.5. The molecule has 0 bridgehead atoms. The monoisotopic (exact) mass is 496 g/mol. The standard InChI is InChI=1S/C26H50F2O6/c1-6-10-14-30-18-21-23(32-15-11-7-2)25(34-17-13-9-4)24(33-16-12-8-3)22(26(21,27)28)19-31-20-29-5/h21-25H,6-20H2,1-5H3/t21-,22+,23-,24+,25+/m1/s1. The van der Waals surface area contributed by atoms with Gasteiger partial charge in [0.2, 0.25) is 0 Å². The Bertz CT molecular complexity index is 482. The van der Waals surface area contributed by atoms with E-state index in [1.54, 1.807) is 0 Å². The summed E-state index contributed by atoms with van der Waals surface area (Å²) in [6, 6.07) is 0. The summed E-state index contributed by atoms with van der Waals surface area (Å²) in [6.45, 7) is 9.64. The zero-order valence-corrected chi connectivity index (χ0v) is 22.2. The van der Waals surface area contributed by atoms with Crippen LogP contribution in [0.2, 0.25) is 0 Å². The van der Waals surface area contributed by atoms with Crippen LogP contribution in [0.5, 0.6) is 0 Å². The van der Waals surface area contributed by atoms with Crippen molar-refractivity contribution in [2.24, 2.45) is 11.8 Å². The molecule has 0 spiro atoms. The van der Waals surface area contributed by atoms with E-state index in [4.69, 9.17) is 28.4 Å². The summed E-state index contributed by atoms with van der Waals surface area (Å²) in [4.78, 5) is 0. The topological polar surface area (TPSA) is 55.4 Å². The van der Waals surface area contributed by atoms with Gasteiger partial charge in [0.15, 0.2) is 0 Å². The van der Waals surface area contributed by atoms with Gasteiger partial charge in [-0.25, -0.2) is 8.78 Å². The van der Waals surface area contributed by atoms with Crippen molar-refractivity contribution in [3.8, 4) is 0 Å². The summed E-state index contributed by atoms with van der Waals surface area (Å²) in [5, 5.41) is 0. The van der Waals surface area contributed by atoms with Gasteiger partial charge in [0.1, 0.15) is 12.9 Å². The summed E-state index contributed by atoms with van der Waals surface area (Å²) < 4.78 is 67.0. The second kappa shape index (κ2) is 18.8. The van der Waals surface area contributed by atoms with Gasteiger partial charge in [0, 0.05) is 33.5 Å². The maximum absolute atomic E-state index is 16.1. The lowest BCUT2D eigenvalue weighted by Gasteiger charge is -2.50. The van der Waals surface area contributed by atoms with Crippen molar-refractivity contribution < 1.29 is 37.2 Å². The summed E-state index contributed by atoms with van der Waals surface area (Å²) >= 11 is 0. The number of rotatable bonds is 21. The average Bonchev–Trinajstić information content (AvgIpc) is 2.81. The van der Waals surface area contributed by atoms with Crippen molar-refractivity contribution in [2.45, 2.75) is 103 Å². The zero-order valence-electron chi connectivity index (χ0n) is 22.2. The predicted molar refractivity (Wildman–Crippen MR) is 129 cm³/mol. The Hall–Kier alpha value is -0.380. The van der Waals surface area contributed by atoms with E-state index in [2.05, 4.69) is 13.8 Å². The summed E-state index contributed by atoms with van der Waals surface area (Å²) in [5.74, 6) is -5.44. The summed E-state index contributed by atoms with van der Waals surface area (Å²) in [5.41, 5.74) is 0. The van der Waals surface area contributed by atoms with E-state index < -0.39 is 36.1 Å². The molecule has 1 rings (SSSR count). The lowest BCUT2D eigenvalue weighted by Crippen LogP contribution is -2.65. The van der Waals surface area contributed by atoms with E-state index in [1.165, 1.54) is 7.11 Å². The molecule has 5 atom stereocenters. The van der Waals surface area contributed by atoms with E-state index in [0.29, 0.717) is 26.4 Å². The molecule has 34 heavy (non-hydrogen) atoms. The van der Waals surface area contributed by atoms with Crippen LogP contribution in [-0.2, 0) is 28.4 Å². The first-order valence-corrected chi connectivity index (χ1v) is 13.4. The quantitative estimate of drug-likeness (QED) is 0.147. The van der Waals surface area contributed by atoms with Crippen LogP contribution in [0.15, 0.2) is 0 Å². The van der Waals surface area contributed by atoms with E-state index in [1.807, 2.05) is 13.8 Å². The second-order valence-corrected chi connectivity index (χ2v) is 9.16. The minimum atomic E-state index is -3.11. The van der Waals surface area contributed by atoms with Crippen LogP contribution in [0.4, 0.5) is 8.78 Å². The number of halogens is 2. The second-order valence-electron chi connectivity index (χ2n) is 9.16. The number of hydrogen-bond donors (Lipinski definition) is 0. The molecule has 8 heteroatoms. The van der Waals surface area contributed by atoms with Crippen LogP contribution in [0.3, 0.4) is 0 Å². The van der Waals surface area contributed by atoms with Gasteiger partial charge in [-0.1, -0.05) is 53.4 Å². The van der Waals surface area contributed by atoms with Gasteiger partial charge in [-0.3, -0.25) is 0 Å². The Morgan fingerprint density at radius 2 is 1.00 bits per heavy atom. The fourth-order valence-electron chi connectivity index (χ4n) is 4.19. The smallest absolute Gasteiger partial charge is 0.263 e. The molecular weight excluding hydrogens is 446 g/mol. The van der Waals surface area contributed by atoms with Crippen molar-refractivity contribution in [3.05, 3.63) is 0 Å². The third kappa shape index (κ3) is 10.3. The predicted octanol–water partition coefficient (Wildman–Crippen LogP) is 5.86. The van der Waals surface area contributed by atoms with E-state index in [-0.39, 0.29) is 20.0 Å². The molecule has 1 fully saturated rings. The summed E-state index contributed by atoms with van der Waals surface area (Å²) in [6.07, 6.45) is 4.74. The van der Waals surface area contributed by atoms with Gasteiger partial charge < -0.3 is 28.4 Å². The molecule has 1 aliphatic rings. The highest BCUT2D eigenvalue weighted by atomic mass is 19.3. The number of unbranched alkanes of at least 4 members (excludes halogenated alkanes) is 4. The summed E-state index contributed by atoms with van der Waals surface area (Å²) in [7, 11) is 1.48. The van der Waals surface area contributed by atoms with Crippen LogP contribution in [-0.4, -0.2) is 77.8 Å². The van der Waals surface area contributed by atoms with Gasteiger partial charge in [-0.15, -0.1) is 0 Å². The van der Waals surface area contributed by atoms with Crippen molar-refractivity contribution in [1.29, 1.82) is 0 Å². The molecule has 0 aliphatic heterocycles. The number of alkyl halides is 2. The highest BCUT2D eigenvalue weighted by molar-refractivity contribution is 5.05. The first-order valence-electron chi connectivity index (χ1n) is 13.4. The van der Waals surface area contributed by atoms with E-state index in [0.717, 1.165) is 51.4 Å². The van der Waals surface area contributed by atoms with E-state index >= 15 is 8.78 Å². The molecule has 0 unspecified atom stereocenters. The highest BCUT2D eigenvalue weighted by Crippen LogP contribution is 2.47. The Morgan fingerprint density at radius 1 is 0.588 bits per heavy atom. The van der Waals surface area contributed by atoms with Gasteiger partial charge in [-0.2, -0.15) is 0 Å². The fraction of sp³-hybridized carbons (Fsp3) is 1.00. The number of ether oxygens (including phenoxy) is 6. The molecule has 0 heterocycles. The minimum Gasteiger partial charge on any atom is -0.381 e. The normalized spacial score (nSPS) is 26.7. The third-order valence-electron chi connectivity index (χ3n) is 6.29. The Morgan fingerprint density at radius 3 is 1.44 bits per heavy atom. The maximum atomic E-state index is 16.1. The molecular formula is C26H50F2O6. The van der Waals surface area contributed by atoms with Gasteiger partial charge >= 0.3 is 0 Å². The molecule has 0 amide bonds. The van der Waals surface area contributed by atoms with Crippen molar-refractivity contribution in [1.82, 2.24) is 0 Å². The molecule has 0 aromatic carbocycles. The van der Waals surface area contributed by atoms with Crippen LogP contribution in [0.1, 0.15) is 79.1 Å². The fourth-order valence-corrected chi connectivity index (χ4v) is 4.19. The van der Waals surface area contributed by atoms with Gasteiger partial charge in [0.25, 0.3) is 5.92 Å². The Labute approximate surface area is 206 Å². The first-order chi connectivity index (χ1) is 16.5.